The van der Waals surface area contributed by atoms with Crippen molar-refractivity contribution in [1.29, 1.82) is 0 Å². The van der Waals surface area contributed by atoms with Gasteiger partial charge in [0, 0.05) is 24.3 Å². The SMILES string of the molecule is Cc1ccc(S(=O)(=O)N2CCCC2)cc1C(=O)Nc1ccc(Oc2ccccc2)cc1. The molecule has 1 saturated heterocycles. The first-order valence-electron chi connectivity index (χ1n) is 10.2. The average molecular weight is 437 g/mol. The third-order valence-corrected chi connectivity index (χ3v) is 7.14. The Hall–Kier alpha value is -3.16. The zero-order chi connectivity index (χ0) is 21.8. The van der Waals surface area contributed by atoms with Crippen LogP contribution in [-0.4, -0.2) is 31.7 Å². The normalized spacial score (nSPS) is 14.4. The molecule has 7 heteroatoms. The summed E-state index contributed by atoms with van der Waals surface area (Å²) in [6.45, 7) is 2.84. The standard InChI is InChI=1S/C24H24N2O4S/c1-18-9-14-22(31(28,29)26-15-5-6-16-26)17-23(18)24(27)25-19-10-12-21(13-11-19)30-20-7-3-2-4-8-20/h2-4,7-14,17H,5-6,15-16H2,1H3,(H,25,27). The van der Waals surface area contributed by atoms with E-state index in [0.29, 0.717) is 35.7 Å². The highest BCUT2D eigenvalue weighted by molar-refractivity contribution is 7.89. The van der Waals surface area contributed by atoms with Gasteiger partial charge >= 0.3 is 0 Å². The van der Waals surface area contributed by atoms with E-state index in [1.54, 1.807) is 43.3 Å². The molecule has 0 spiro atoms. The van der Waals surface area contributed by atoms with E-state index < -0.39 is 10.0 Å². The monoisotopic (exact) mass is 436 g/mol. The van der Waals surface area contributed by atoms with Crippen LogP contribution in [0, 0.1) is 6.92 Å². The number of sulfonamides is 1. The maximum atomic E-state index is 12.9. The van der Waals surface area contributed by atoms with Crippen molar-refractivity contribution < 1.29 is 17.9 Å². The van der Waals surface area contributed by atoms with Crippen LogP contribution in [0.15, 0.2) is 77.7 Å². The number of hydrogen-bond donors (Lipinski definition) is 1. The minimum Gasteiger partial charge on any atom is -0.457 e. The summed E-state index contributed by atoms with van der Waals surface area (Å²) in [7, 11) is -3.58. The molecule has 1 N–H and O–H groups in total. The number of carbonyl (C=O) groups is 1. The fourth-order valence-corrected chi connectivity index (χ4v) is 5.06. The number of rotatable bonds is 6. The summed E-state index contributed by atoms with van der Waals surface area (Å²) in [5.41, 5.74) is 1.64. The lowest BCUT2D eigenvalue weighted by atomic mass is 10.1. The minimum atomic E-state index is -3.58. The molecule has 0 atom stereocenters. The van der Waals surface area contributed by atoms with Gasteiger partial charge in [0.15, 0.2) is 0 Å². The molecule has 1 aliphatic rings. The Labute approximate surface area is 182 Å². The van der Waals surface area contributed by atoms with Crippen LogP contribution >= 0.6 is 0 Å². The Bertz CT molecular complexity index is 1170. The summed E-state index contributed by atoms with van der Waals surface area (Å²) in [6, 6.07) is 21.2. The summed E-state index contributed by atoms with van der Waals surface area (Å²) in [4.78, 5) is 13.0. The average Bonchev–Trinajstić information content (AvgIpc) is 3.32. The largest absolute Gasteiger partial charge is 0.457 e. The number of para-hydroxylation sites is 1. The maximum absolute atomic E-state index is 12.9. The van der Waals surface area contributed by atoms with E-state index >= 15 is 0 Å². The first-order valence-corrected chi connectivity index (χ1v) is 11.6. The van der Waals surface area contributed by atoms with Crippen LogP contribution in [0.1, 0.15) is 28.8 Å². The maximum Gasteiger partial charge on any atom is 0.255 e. The van der Waals surface area contributed by atoms with E-state index in [1.807, 2.05) is 30.3 Å². The second-order valence-corrected chi connectivity index (χ2v) is 9.42. The van der Waals surface area contributed by atoms with Crippen LogP contribution in [0.25, 0.3) is 0 Å². The summed E-state index contributed by atoms with van der Waals surface area (Å²) in [5.74, 6) is 1.03. The summed E-state index contributed by atoms with van der Waals surface area (Å²) in [5, 5.41) is 2.84. The van der Waals surface area contributed by atoms with Crippen LogP contribution in [0.5, 0.6) is 11.5 Å². The lowest BCUT2D eigenvalue weighted by molar-refractivity contribution is 0.102. The molecule has 0 aromatic heterocycles. The molecule has 1 heterocycles. The molecular formula is C24H24N2O4S. The predicted octanol–water partition coefficient (Wildman–Crippen LogP) is 4.82. The molecule has 0 unspecified atom stereocenters. The molecule has 1 aliphatic heterocycles. The van der Waals surface area contributed by atoms with Crippen molar-refractivity contribution in [2.24, 2.45) is 0 Å². The zero-order valence-electron chi connectivity index (χ0n) is 17.2. The van der Waals surface area contributed by atoms with Gasteiger partial charge in [-0.15, -0.1) is 0 Å². The smallest absolute Gasteiger partial charge is 0.255 e. The van der Waals surface area contributed by atoms with Gasteiger partial charge < -0.3 is 10.1 Å². The van der Waals surface area contributed by atoms with E-state index in [1.165, 1.54) is 10.4 Å². The van der Waals surface area contributed by atoms with Crippen molar-refractivity contribution in [3.8, 4) is 11.5 Å². The van der Waals surface area contributed by atoms with Crippen LogP contribution in [0.3, 0.4) is 0 Å². The van der Waals surface area contributed by atoms with Crippen LogP contribution in [0.4, 0.5) is 5.69 Å². The molecule has 3 aromatic rings. The fraction of sp³-hybridized carbons (Fsp3) is 0.208. The Morgan fingerprint density at radius 2 is 1.55 bits per heavy atom. The molecular weight excluding hydrogens is 412 g/mol. The third kappa shape index (κ3) is 4.78. The van der Waals surface area contributed by atoms with Crippen molar-refractivity contribution in [1.82, 2.24) is 4.31 Å². The highest BCUT2D eigenvalue weighted by Gasteiger charge is 2.28. The van der Waals surface area contributed by atoms with Gasteiger partial charge in [-0.3, -0.25) is 4.79 Å². The topological polar surface area (TPSA) is 75.7 Å². The number of aryl methyl sites for hydroxylation is 1. The van der Waals surface area contributed by atoms with Gasteiger partial charge in [0.2, 0.25) is 10.0 Å². The minimum absolute atomic E-state index is 0.150. The van der Waals surface area contributed by atoms with Gasteiger partial charge in [-0.2, -0.15) is 4.31 Å². The Morgan fingerprint density at radius 3 is 2.23 bits per heavy atom. The third-order valence-electron chi connectivity index (χ3n) is 5.25. The van der Waals surface area contributed by atoms with Gasteiger partial charge in [0.05, 0.1) is 4.90 Å². The molecule has 6 nitrogen and oxygen atoms in total. The lowest BCUT2D eigenvalue weighted by Gasteiger charge is -2.17. The molecule has 1 fully saturated rings. The van der Waals surface area contributed by atoms with Gasteiger partial charge in [0.25, 0.3) is 5.91 Å². The van der Waals surface area contributed by atoms with Gasteiger partial charge in [0.1, 0.15) is 11.5 Å². The fourth-order valence-electron chi connectivity index (χ4n) is 3.51. The zero-order valence-corrected chi connectivity index (χ0v) is 18.1. The summed E-state index contributed by atoms with van der Waals surface area (Å²) >= 11 is 0. The molecule has 0 radical (unpaired) electrons. The van der Waals surface area contributed by atoms with E-state index in [9.17, 15) is 13.2 Å². The van der Waals surface area contributed by atoms with Crippen molar-refractivity contribution in [3.05, 3.63) is 83.9 Å². The second kappa shape index (κ2) is 8.91. The predicted molar refractivity (Wildman–Crippen MR) is 120 cm³/mol. The van der Waals surface area contributed by atoms with Crippen molar-refractivity contribution in [2.45, 2.75) is 24.7 Å². The Morgan fingerprint density at radius 1 is 0.903 bits per heavy atom. The van der Waals surface area contributed by atoms with Gasteiger partial charge in [-0.25, -0.2) is 8.42 Å². The Balaban J connectivity index is 1.49. The van der Waals surface area contributed by atoms with E-state index in [0.717, 1.165) is 18.6 Å². The number of nitrogens with zero attached hydrogens (tertiary/aromatic N) is 1. The Kier molecular flexibility index (Phi) is 6.06. The van der Waals surface area contributed by atoms with Crippen LogP contribution in [-0.2, 0) is 10.0 Å². The molecule has 4 rings (SSSR count). The highest BCUT2D eigenvalue weighted by atomic mass is 32.2. The number of carbonyl (C=O) groups excluding carboxylic acids is 1. The van der Waals surface area contributed by atoms with E-state index in [-0.39, 0.29) is 10.8 Å². The number of ether oxygens (including phenoxy) is 1. The lowest BCUT2D eigenvalue weighted by Crippen LogP contribution is -2.28. The number of hydrogen-bond acceptors (Lipinski definition) is 4. The molecule has 160 valence electrons. The quantitative estimate of drug-likeness (QED) is 0.601. The van der Waals surface area contributed by atoms with E-state index in [2.05, 4.69) is 5.32 Å². The summed E-state index contributed by atoms with van der Waals surface area (Å²) in [6.07, 6.45) is 1.73. The molecule has 1 amide bonds. The number of anilines is 1. The molecule has 31 heavy (non-hydrogen) atoms. The number of amides is 1. The second-order valence-electron chi connectivity index (χ2n) is 7.48. The van der Waals surface area contributed by atoms with Crippen LogP contribution < -0.4 is 10.1 Å². The molecule has 3 aromatic carbocycles. The van der Waals surface area contributed by atoms with Crippen LogP contribution in [0.2, 0.25) is 0 Å². The van der Waals surface area contributed by atoms with Gasteiger partial charge in [-0.05, 0) is 73.9 Å². The molecule has 0 saturated carbocycles. The van der Waals surface area contributed by atoms with E-state index in [4.69, 9.17) is 4.74 Å². The highest BCUT2D eigenvalue weighted by Crippen LogP contribution is 2.25. The van der Waals surface area contributed by atoms with Crippen molar-refractivity contribution in [2.75, 3.05) is 18.4 Å². The molecule has 0 bridgehead atoms. The van der Waals surface area contributed by atoms with Crippen molar-refractivity contribution >= 4 is 21.6 Å². The number of benzene rings is 3. The molecule has 0 aliphatic carbocycles. The first-order chi connectivity index (χ1) is 14.9. The number of nitrogens with one attached hydrogen (secondary N) is 1. The van der Waals surface area contributed by atoms with Crippen molar-refractivity contribution in [3.63, 3.8) is 0 Å². The first kappa shape index (κ1) is 21.1. The summed E-state index contributed by atoms with van der Waals surface area (Å²) < 4.78 is 32.9. The van der Waals surface area contributed by atoms with Gasteiger partial charge in [-0.1, -0.05) is 24.3 Å².